The van der Waals surface area contributed by atoms with Crippen molar-refractivity contribution in [1.29, 1.82) is 0 Å². The fourth-order valence-electron chi connectivity index (χ4n) is 1.65. The summed E-state index contributed by atoms with van der Waals surface area (Å²) < 4.78 is 5.36. The van der Waals surface area contributed by atoms with Crippen LogP contribution in [0.4, 0.5) is 0 Å². The number of carbonyl (C=O) groups is 1. The van der Waals surface area contributed by atoms with Crippen LogP contribution < -0.4 is 0 Å². The lowest BCUT2D eigenvalue weighted by Gasteiger charge is -2.17. The van der Waals surface area contributed by atoms with E-state index in [1.54, 1.807) is 6.08 Å². The second-order valence-electron chi connectivity index (χ2n) is 4.90. The first-order chi connectivity index (χ1) is 6.47. The molecule has 0 aromatic rings. The van der Waals surface area contributed by atoms with Crippen molar-refractivity contribution in [2.24, 2.45) is 0 Å². The highest BCUT2D eigenvalue weighted by Gasteiger charge is 2.19. The van der Waals surface area contributed by atoms with Crippen molar-refractivity contribution in [3.05, 3.63) is 11.6 Å². The Morgan fingerprint density at radius 2 is 1.79 bits per heavy atom. The first-order valence-electron chi connectivity index (χ1n) is 5.40. The molecule has 0 bridgehead atoms. The maximum atomic E-state index is 11.5. The molecule has 1 aliphatic carbocycles. The van der Waals surface area contributed by atoms with Crippen molar-refractivity contribution in [1.82, 2.24) is 0 Å². The van der Waals surface area contributed by atoms with E-state index in [1.165, 1.54) is 24.8 Å². The zero-order chi connectivity index (χ0) is 10.6. The fourth-order valence-corrected chi connectivity index (χ4v) is 2.31. The van der Waals surface area contributed by atoms with Crippen molar-refractivity contribution in [3.8, 4) is 0 Å². The SMILES string of the molecule is C[Si](C)(C)OC(=O)C=C1CCCCC1. The number of allylic oxidation sites excluding steroid dienone is 1. The summed E-state index contributed by atoms with van der Waals surface area (Å²) in [6.45, 7) is 6.10. The van der Waals surface area contributed by atoms with Crippen molar-refractivity contribution in [2.45, 2.75) is 51.7 Å². The Balaban J connectivity index is 2.45. The van der Waals surface area contributed by atoms with E-state index in [4.69, 9.17) is 4.43 Å². The molecule has 0 spiro atoms. The Kier molecular flexibility index (Phi) is 3.93. The zero-order valence-electron chi connectivity index (χ0n) is 9.43. The third-order valence-electron chi connectivity index (χ3n) is 2.22. The minimum Gasteiger partial charge on any atom is -0.517 e. The molecule has 1 saturated carbocycles. The lowest BCUT2D eigenvalue weighted by atomic mass is 9.95. The lowest BCUT2D eigenvalue weighted by Crippen LogP contribution is -2.28. The summed E-state index contributed by atoms with van der Waals surface area (Å²) in [5, 5.41) is 0. The number of rotatable bonds is 2. The molecule has 0 aromatic heterocycles. The number of hydrogen-bond donors (Lipinski definition) is 0. The van der Waals surface area contributed by atoms with Crippen LogP contribution in [0.3, 0.4) is 0 Å². The molecular formula is C11H20O2Si. The molecule has 0 radical (unpaired) electrons. The lowest BCUT2D eigenvalue weighted by molar-refractivity contribution is -0.129. The molecule has 80 valence electrons. The van der Waals surface area contributed by atoms with E-state index in [9.17, 15) is 4.79 Å². The molecule has 0 unspecified atom stereocenters. The molecule has 1 fully saturated rings. The van der Waals surface area contributed by atoms with Gasteiger partial charge in [-0.1, -0.05) is 12.0 Å². The fraction of sp³-hybridized carbons (Fsp3) is 0.727. The molecule has 1 aliphatic rings. The average Bonchev–Trinajstić information content (AvgIpc) is 2.02. The predicted molar refractivity (Wildman–Crippen MR) is 60.6 cm³/mol. The third-order valence-corrected chi connectivity index (χ3v) is 3.04. The van der Waals surface area contributed by atoms with Gasteiger partial charge in [0.2, 0.25) is 8.32 Å². The normalized spacial score (nSPS) is 17.8. The Hall–Kier alpha value is -0.573. The van der Waals surface area contributed by atoms with Gasteiger partial charge in [-0.2, -0.15) is 0 Å². The van der Waals surface area contributed by atoms with Gasteiger partial charge in [0.1, 0.15) is 0 Å². The highest BCUT2D eigenvalue weighted by molar-refractivity contribution is 6.71. The summed E-state index contributed by atoms with van der Waals surface area (Å²) in [6.07, 6.45) is 7.65. The molecule has 0 heterocycles. The molecule has 0 aromatic carbocycles. The second kappa shape index (κ2) is 4.78. The maximum Gasteiger partial charge on any atom is 0.317 e. The van der Waals surface area contributed by atoms with Gasteiger partial charge < -0.3 is 4.43 Å². The van der Waals surface area contributed by atoms with Crippen molar-refractivity contribution < 1.29 is 9.22 Å². The van der Waals surface area contributed by atoms with E-state index < -0.39 is 8.32 Å². The summed E-state index contributed by atoms with van der Waals surface area (Å²) in [6, 6.07) is 0. The standard InChI is InChI=1S/C11H20O2Si/c1-14(2,3)13-11(12)9-10-7-5-4-6-8-10/h9H,4-8H2,1-3H3. The Morgan fingerprint density at radius 1 is 1.21 bits per heavy atom. The Labute approximate surface area is 87.5 Å². The topological polar surface area (TPSA) is 26.3 Å². The van der Waals surface area contributed by atoms with E-state index in [0.29, 0.717) is 0 Å². The molecule has 3 heteroatoms. The summed E-state index contributed by atoms with van der Waals surface area (Å²) in [7, 11) is -1.70. The van der Waals surface area contributed by atoms with Crippen molar-refractivity contribution in [3.63, 3.8) is 0 Å². The van der Waals surface area contributed by atoms with E-state index in [0.717, 1.165) is 12.8 Å². The van der Waals surface area contributed by atoms with Crippen LogP contribution in [0.25, 0.3) is 0 Å². The van der Waals surface area contributed by atoms with E-state index in [1.807, 2.05) is 19.6 Å². The third kappa shape index (κ3) is 4.60. The summed E-state index contributed by atoms with van der Waals surface area (Å²) >= 11 is 0. The molecule has 0 N–H and O–H groups in total. The second-order valence-corrected chi connectivity index (χ2v) is 9.33. The first-order valence-corrected chi connectivity index (χ1v) is 8.81. The van der Waals surface area contributed by atoms with Gasteiger partial charge in [-0.3, -0.25) is 0 Å². The largest absolute Gasteiger partial charge is 0.517 e. The Bertz CT molecular complexity index is 230. The van der Waals surface area contributed by atoms with Crippen molar-refractivity contribution in [2.75, 3.05) is 0 Å². The highest BCUT2D eigenvalue weighted by atomic mass is 28.4. The number of carbonyl (C=O) groups excluding carboxylic acids is 1. The van der Waals surface area contributed by atoms with Gasteiger partial charge in [-0.05, 0) is 45.3 Å². The molecule has 2 nitrogen and oxygen atoms in total. The summed E-state index contributed by atoms with van der Waals surface area (Å²) in [5.41, 5.74) is 1.28. The molecule has 14 heavy (non-hydrogen) atoms. The smallest absolute Gasteiger partial charge is 0.317 e. The molecule has 1 rings (SSSR count). The van der Waals surface area contributed by atoms with Crippen LogP contribution in [0.2, 0.25) is 19.6 Å². The van der Waals surface area contributed by atoms with Crippen LogP contribution in [-0.2, 0) is 9.22 Å². The van der Waals surface area contributed by atoms with Crippen LogP contribution in [0.15, 0.2) is 11.6 Å². The average molecular weight is 212 g/mol. The quantitative estimate of drug-likeness (QED) is 0.519. The maximum absolute atomic E-state index is 11.5. The Morgan fingerprint density at radius 3 is 2.29 bits per heavy atom. The summed E-state index contributed by atoms with van der Waals surface area (Å²) in [5.74, 6) is -0.124. The van der Waals surface area contributed by atoms with Crippen LogP contribution in [0, 0.1) is 0 Å². The molecule has 0 saturated heterocycles. The van der Waals surface area contributed by atoms with Crippen LogP contribution >= 0.6 is 0 Å². The first kappa shape index (κ1) is 11.5. The predicted octanol–water partition coefficient (Wildman–Crippen LogP) is 3.26. The van der Waals surface area contributed by atoms with Gasteiger partial charge in [-0.25, -0.2) is 4.79 Å². The van der Waals surface area contributed by atoms with Gasteiger partial charge in [0, 0.05) is 6.08 Å². The van der Waals surface area contributed by atoms with Crippen LogP contribution in [0.5, 0.6) is 0 Å². The van der Waals surface area contributed by atoms with Crippen LogP contribution in [-0.4, -0.2) is 14.3 Å². The van der Waals surface area contributed by atoms with Crippen molar-refractivity contribution >= 4 is 14.3 Å². The van der Waals surface area contributed by atoms with E-state index in [-0.39, 0.29) is 5.97 Å². The zero-order valence-corrected chi connectivity index (χ0v) is 10.4. The van der Waals surface area contributed by atoms with E-state index >= 15 is 0 Å². The minimum absolute atomic E-state index is 0.124. The van der Waals surface area contributed by atoms with Gasteiger partial charge in [0.15, 0.2) is 0 Å². The van der Waals surface area contributed by atoms with E-state index in [2.05, 4.69) is 0 Å². The highest BCUT2D eigenvalue weighted by Crippen LogP contribution is 2.22. The minimum atomic E-state index is -1.70. The summed E-state index contributed by atoms with van der Waals surface area (Å²) in [4.78, 5) is 11.5. The van der Waals surface area contributed by atoms with Gasteiger partial charge >= 0.3 is 5.97 Å². The van der Waals surface area contributed by atoms with Gasteiger partial charge in [-0.15, -0.1) is 0 Å². The van der Waals surface area contributed by atoms with Gasteiger partial charge in [0.25, 0.3) is 0 Å². The monoisotopic (exact) mass is 212 g/mol. The number of hydrogen-bond acceptors (Lipinski definition) is 2. The van der Waals surface area contributed by atoms with Gasteiger partial charge in [0.05, 0.1) is 0 Å². The molecule has 0 atom stereocenters. The van der Waals surface area contributed by atoms with Crippen LogP contribution in [0.1, 0.15) is 32.1 Å². The molecule has 0 amide bonds. The molecule has 0 aliphatic heterocycles. The molecular weight excluding hydrogens is 192 g/mol.